The zero-order valence-electron chi connectivity index (χ0n) is 12.8. The van der Waals surface area contributed by atoms with Crippen molar-refractivity contribution >= 4 is 23.2 Å². The molecule has 3 aromatic rings. The summed E-state index contributed by atoms with van der Waals surface area (Å²) in [5, 5.41) is 1.08. The van der Waals surface area contributed by atoms with Gasteiger partial charge in [-0.2, -0.15) is 0 Å². The van der Waals surface area contributed by atoms with E-state index in [0.717, 1.165) is 5.56 Å². The van der Waals surface area contributed by atoms with Crippen LogP contribution in [0.5, 0.6) is 5.75 Å². The van der Waals surface area contributed by atoms with E-state index in [1.54, 1.807) is 35.0 Å². The van der Waals surface area contributed by atoms with Gasteiger partial charge in [0.15, 0.2) is 0 Å². The van der Waals surface area contributed by atoms with E-state index in [9.17, 15) is 4.79 Å². The highest BCUT2D eigenvalue weighted by atomic mass is 35.5. The molecule has 0 saturated heterocycles. The van der Waals surface area contributed by atoms with Crippen LogP contribution >= 0.6 is 23.2 Å². The summed E-state index contributed by atoms with van der Waals surface area (Å²) in [7, 11) is 0. The molecule has 0 spiro atoms. The van der Waals surface area contributed by atoms with Gasteiger partial charge in [0.25, 0.3) is 5.56 Å². The first-order chi connectivity index (χ1) is 11.6. The minimum absolute atomic E-state index is 0.124. The molecule has 0 aliphatic carbocycles. The van der Waals surface area contributed by atoms with Crippen LogP contribution in [0.3, 0.4) is 0 Å². The van der Waals surface area contributed by atoms with Gasteiger partial charge in [0.05, 0.1) is 6.54 Å². The molecule has 1 aromatic heterocycles. The van der Waals surface area contributed by atoms with E-state index < -0.39 is 0 Å². The van der Waals surface area contributed by atoms with Gasteiger partial charge in [-0.3, -0.25) is 4.79 Å². The molecule has 0 bridgehead atoms. The average Bonchev–Trinajstić information content (AvgIpc) is 2.58. The van der Waals surface area contributed by atoms with Gasteiger partial charge >= 0.3 is 0 Å². The minimum Gasteiger partial charge on any atom is -0.489 e. The van der Waals surface area contributed by atoms with Crippen molar-refractivity contribution in [2.24, 2.45) is 0 Å². The van der Waals surface area contributed by atoms with Crippen LogP contribution in [-0.2, 0) is 13.2 Å². The summed E-state index contributed by atoms with van der Waals surface area (Å²) in [6.45, 7) is 0.733. The molecule has 3 nitrogen and oxygen atoms in total. The highest BCUT2D eigenvalue weighted by Crippen LogP contribution is 2.25. The topological polar surface area (TPSA) is 31.2 Å². The Labute approximate surface area is 150 Å². The molecule has 0 saturated carbocycles. The van der Waals surface area contributed by atoms with E-state index in [2.05, 4.69) is 0 Å². The number of rotatable bonds is 5. The Morgan fingerprint density at radius 1 is 0.917 bits per heavy atom. The van der Waals surface area contributed by atoms with Gasteiger partial charge in [-0.05, 0) is 23.8 Å². The summed E-state index contributed by atoms with van der Waals surface area (Å²) in [6, 6.07) is 18.3. The van der Waals surface area contributed by atoms with Crippen molar-refractivity contribution in [3.05, 3.63) is 98.4 Å². The SMILES string of the molecule is O=c1cc(OCc2c(Cl)cccc2Cl)ccn1Cc1ccccc1. The van der Waals surface area contributed by atoms with Gasteiger partial charge in [-0.1, -0.05) is 59.6 Å². The minimum atomic E-state index is -0.124. The maximum absolute atomic E-state index is 12.2. The lowest BCUT2D eigenvalue weighted by Gasteiger charge is -2.11. The fraction of sp³-hybridized carbons (Fsp3) is 0.105. The molecular weight excluding hydrogens is 345 g/mol. The summed E-state index contributed by atoms with van der Waals surface area (Å²) >= 11 is 12.2. The van der Waals surface area contributed by atoms with Crippen LogP contribution in [0.2, 0.25) is 10.0 Å². The van der Waals surface area contributed by atoms with Crippen LogP contribution in [0.15, 0.2) is 71.7 Å². The zero-order chi connectivity index (χ0) is 16.9. The average molecular weight is 360 g/mol. The maximum atomic E-state index is 12.2. The molecule has 2 aromatic carbocycles. The predicted octanol–water partition coefficient (Wildman–Crippen LogP) is 4.78. The van der Waals surface area contributed by atoms with Crippen LogP contribution in [0.1, 0.15) is 11.1 Å². The Bertz CT molecular complexity index is 871. The molecule has 24 heavy (non-hydrogen) atoms. The summed E-state index contributed by atoms with van der Waals surface area (Å²) in [6.07, 6.45) is 1.72. The van der Waals surface area contributed by atoms with Crippen LogP contribution in [0.4, 0.5) is 0 Å². The third-order valence-corrected chi connectivity index (χ3v) is 4.32. The van der Waals surface area contributed by atoms with E-state index in [-0.39, 0.29) is 12.2 Å². The monoisotopic (exact) mass is 359 g/mol. The molecule has 0 atom stereocenters. The molecule has 0 N–H and O–H groups in total. The van der Waals surface area contributed by atoms with E-state index in [0.29, 0.717) is 27.9 Å². The molecule has 0 aliphatic rings. The Hall–Kier alpha value is -2.23. The number of nitrogens with zero attached hydrogens (tertiary/aromatic N) is 1. The van der Waals surface area contributed by atoms with Crippen molar-refractivity contribution in [1.29, 1.82) is 0 Å². The Balaban J connectivity index is 1.72. The van der Waals surface area contributed by atoms with Crippen molar-refractivity contribution in [1.82, 2.24) is 4.57 Å². The van der Waals surface area contributed by atoms with Crippen molar-refractivity contribution in [3.63, 3.8) is 0 Å². The largest absolute Gasteiger partial charge is 0.489 e. The molecule has 0 unspecified atom stereocenters. The van der Waals surface area contributed by atoms with Gasteiger partial charge in [0, 0.05) is 27.9 Å². The molecule has 3 rings (SSSR count). The first-order valence-corrected chi connectivity index (χ1v) is 8.19. The second-order valence-electron chi connectivity index (χ2n) is 5.30. The molecule has 0 radical (unpaired) electrons. The first-order valence-electron chi connectivity index (χ1n) is 7.43. The molecule has 122 valence electrons. The van der Waals surface area contributed by atoms with Crippen LogP contribution in [0.25, 0.3) is 0 Å². The fourth-order valence-corrected chi connectivity index (χ4v) is 2.82. The number of aromatic nitrogens is 1. The molecular formula is C19H15Cl2NO2. The Morgan fingerprint density at radius 3 is 2.29 bits per heavy atom. The summed E-state index contributed by atoms with van der Waals surface area (Å²) in [5.74, 6) is 0.486. The number of hydrogen-bond donors (Lipinski definition) is 0. The number of halogens is 2. The highest BCUT2D eigenvalue weighted by molar-refractivity contribution is 6.35. The molecule has 5 heteroatoms. The van der Waals surface area contributed by atoms with Crippen LogP contribution in [0, 0.1) is 0 Å². The lowest BCUT2D eigenvalue weighted by Crippen LogP contribution is -2.19. The van der Waals surface area contributed by atoms with E-state index in [4.69, 9.17) is 27.9 Å². The van der Waals surface area contributed by atoms with Gasteiger partial charge in [0.1, 0.15) is 12.4 Å². The van der Waals surface area contributed by atoms with E-state index >= 15 is 0 Å². The molecule has 1 heterocycles. The van der Waals surface area contributed by atoms with Gasteiger partial charge in [-0.15, -0.1) is 0 Å². The molecule has 0 fully saturated rings. The van der Waals surface area contributed by atoms with Crippen LogP contribution < -0.4 is 10.3 Å². The van der Waals surface area contributed by atoms with Gasteiger partial charge in [-0.25, -0.2) is 0 Å². The quantitative estimate of drug-likeness (QED) is 0.656. The summed E-state index contributed by atoms with van der Waals surface area (Å²) in [5.41, 5.74) is 1.65. The van der Waals surface area contributed by atoms with Crippen molar-refractivity contribution in [2.45, 2.75) is 13.2 Å². The number of benzene rings is 2. The van der Waals surface area contributed by atoms with E-state index in [1.165, 1.54) is 6.07 Å². The molecule has 0 aliphatic heterocycles. The third-order valence-electron chi connectivity index (χ3n) is 3.61. The van der Waals surface area contributed by atoms with Crippen molar-refractivity contribution < 1.29 is 4.74 Å². The smallest absolute Gasteiger partial charge is 0.254 e. The van der Waals surface area contributed by atoms with Gasteiger partial charge < -0.3 is 9.30 Å². The zero-order valence-corrected chi connectivity index (χ0v) is 14.3. The maximum Gasteiger partial charge on any atom is 0.254 e. The number of ether oxygens (including phenoxy) is 1. The molecule has 0 amide bonds. The van der Waals surface area contributed by atoms with Crippen LogP contribution in [-0.4, -0.2) is 4.57 Å². The van der Waals surface area contributed by atoms with Crippen molar-refractivity contribution in [3.8, 4) is 5.75 Å². The third kappa shape index (κ3) is 3.99. The lowest BCUT2D eigenvalue weighted by atomic mass is 10.2. The second-order valence-corrected chi connectivity index (χ2v) is 6.12. The van der Waals surface area contributed by atoms with E-state index in [1.807, 2.05) is 30.3 Å². The lowest BCUT2D eigenvalue weighted by molar-refractivity contribution is 0.305. The highest BCUT2D eigenvalue weighted by Gasteiger charge is 2.07. The fourth-order valence-electron chi connectivity index (χ4n) is 2.32. The Kier molecular flexibility index (Phi) is 5.24. The number of pyridine rings is 1. The van der Waals surface area contributed by atoms with Gasteiger partial charge in [0.2, 0.25) is 0 Å². The number of hydrogen-bond acceptors (Lipinski definition) is 2. The summed E-state index contributed by atoms with van der Waals surface area (Å²) < 4.78 is 7.29. The standard InChI is InChI=1S/C19H15Cl2NO2/c20-17-7-4-8-18(21)16(17)13-24-15-9-10-22(19(23)11-15)12-14-5-2-1-3-6-14/h1-11H,12-13H2. The Morgan fingerprint density at radius 2 is 1.62 bits per heavy atom. The normalized spacial score (nSPS) is 10.6. The summed E-state index contributed by atoms with van der Waals surface area (Å²) in [4.78, 5) is 12.2. The first kappa shape index (κ1) is 16.6. The van der Waals surface area contributed by atoms with Crippen molar-refractivity contribution in [2.75, 3.05) is 0 Å². The predicted molar refractivity (Wildman–Crippen MR) is 97.0 cm³/mol. The second kappa shape index (κ2) is 7.56.